The van der Waals surface area contributed by atoms with Crippen LogP contribution in [0.2, 0.25) is 10.0 Å². The summed E-state index contributed by atoms with van der Waals surface area (Å²) in [6.07, 6.45) is 1.18. The number of nitrogens with zero attached hydrogens (tertiary/aromatic N) is 3. The fraction of sp³-hybridized carbons (Fsp3) is 0.312. The van der Waals surface area contributed by atoms with E-state index in [0.717, 1.165) is 5.56 Å². The molecule has 1 saturated heterocycles. The molecule has 2 heterocycles. The van der Waals surface area contributed by atoms with Crippen molar-refractivity contribution in [3.8, 4) is 0 Å². The van der Waals surface area contributed by atoms with Crippen LogP contribution in [0.1, 0.15) is 18.6 Å². The molecule has 0 aliphatic carbocycles. The van der Waals surface area contributed by atoms with Gasteiger partial charge in [-0.1, -0.05) is 35.3 Å². The van der Waals surface area contributed by atoms with Gasteiger partial charge in [-0.2, -0.15) is 0 Å². The predicted octanol–water partition coefficient (Wildman–Crippen LogP) is 4.26. The molecule has 6 nitrogen and oxygen atoms in total. The van der Waals surface area contributed by atoms with E-state index < -0.39 is 4.92 Å². The Morgan fingerprint density at radius 2 is 2.12 bits per heavy atom. The van der Waals surface area contributed by atoms with Crippen molar-refractivity contribution in [2.75, 3.05) is 18.1 Å². The van der Waals surface area contributed by atoms with E-state index in [4.69, 9.17) is 27.9 Å². The predicted molar refractivity (Wildman–Crippen MR) is 92.9 cm³/mol. The molecule has 24 heavy (non-hydrogen) atoms. The fourth-order valence-corrected chi connectivity index (χ4v) is 3.09. The van der Waals surface area contributed by atoms with Gasteiger partial charge in [-0.15, -0.1) is 0 Å². The highest BCUT2D eigenvalue weighted by Crippen LogP contribution is 2.34. The van der Waals surface area contributed by atoms with Crippen molar-refractivity contribution in [2.24, 2.45) is 0 Å². The first kappa shape index (κ1) is 17.0. The van der Waals surface area contributed by atoms with Gasteiger partial charge in [0.2, 0.25) is 5.82 Å². The number of morpholine rings is 1. The second-order valence-corrected chi connectivity index (χ2v) is 6.50. The first-order valence-corrected chi connectivity index (χ1v) is 8.15. The first-order chi connectivity index (χ1) is 11.5. The lowest BCUT2D eigenvalue weighted by molar-refractivity contribution is -0.384. The molecule has 8 heteroatoms. The normalized spacial score (nSPS) is 20.9. The van der Waals surface area contributed by atoms with Gasteiger partial charge < -0.3 is 9.64 Å². The van der Waals surface area contributed by atoms with E-state index in [0.29, 0.717) is 24.0 Å². The minimum absolute atomic E-state index is 0.0483. The van der Waals surface area contributed by atoms with Crippen LogP contribution in [-0.2, 0) is 4.74 Å². The molecule has 1 aliphatic rings. The Labute approximate surface area is 149 Å². The largest absolute Gasteiger partial charge is 0.370 e. The van der Waals surface area contributed by atoms with E-state index >= 15 is 0 Å². The standard InChI is InChI=1S/C16H15Cl2N3O3/c1-10-9-24-15(11-3-2-4-12(17)5-11)8-20(10)16-14(21(22)23)6-13(18)7-19-16/h2-7,10,15H,8-9H2,1H3. The summed E-state index contributed by atoms with van der Waals surface area (Å²) < 4.78 is 5.88. The number of ether oxygens (including phenoxy) is 1. The first-order valence-electron chi connectivity index (χ1n) is 7.39. The Morgan fingerprint density at radius 3 is 2.83 bits per heavy atom. The van der Waals surface area contributed by atoms with Crippen molar-refractivity contribution in [1.29, 1.82) is 0 Å². The quantitative estimate of drug-likeness (QED) is 0.598. The molecule has 1 aromatic heterocycles. The molecule has 0 radical (unpaired) electrons. The maximum Gasteiger partial charge on any atom is 0.313 e. The van der Waals surface area contributed by atoms with E-state index in [1.807, 2.05) is 30.0 Å². The molecule has 0 spiro atoms. The van der Waals surface area contributed by atoms with Gasteiger partial charge in [-0.3, -0.25) is 10.1 Å². The molecule has 1 fully saturated rings. The van der Waals surface area contributed by atoms with Crippen LogP contribution in [-0.4, -0.2) is 29.1 Å². The SMILES string of the molecule is CC1COC(c2cccc(Cl)c2)CN1c1ncc(Cl)cc1[N+](=O)[O-]. The molecule has 2 atom stereocenters. The smallest absolute Gasteiger partial charge is 0.313 e. The molecule has 0 amide bonds. The number of hydrogen-bond acceptors (Lipinski definition) is 5. The van der Waals surface area contributed by atoms with Crippen LogP contribution >= 0.6 is 23.2 Å². The van der Waals surface area contributed by atoms with Gasteiger partial charge in [-0.25, -0.2) is 4.98 Å². The molecule has 1 aliphatic heterocycles. The zero-order chi connectivity index (χ0) is 17.3. The number of hydrogen-bond donors (Lipinski definition) is 0. The van der Waals surface area contributed by atoms with Gasteiger partial charge in [0.15, 0.2) is 0 Å². The zero-order valence-corrected chi connectivity index (χ0v) is 14.4. The summed E-state index contributed by atoms with van der Waals surface area (Å²) in [5.41, 5.74) is 0.817. The molecule has 2 aromatic rings. The van der Waals surface area contributed by atoms with Crippen molar-refractivity contribution in [1.82, 2.24) is 4.98 Å². The van der Waals surface area contributed by atoms with Gasteiger partial charge >= 0.3 is 5.69 Å². The van der Waals surface area contributed by atoms with Crippen molar-refractivity contribution in [3.05, 3.63) is 62.3 Å². The Balaban J connectivity index is 1.94. The van der Waals surface area contributed by atoms with Crippen molar-refractivity contribution >= 4 is 34.7 Å². The second-order valence-electron chi connectivity index (χ2n) is 5.63. The van der Waals surface area contributed by atoms with E-state index in [9.17, 15) is 10.1 Å². The average Bonchev–Trinajstić information content (AvgIpc) is 2.55. The van der Waals surface area contributed by atoms with Crippen molar-refractivity contribution in [2.45, 2.75) is 19.1 Å². The summed E-state index contributed by atoms with van der Waals surface area (Å²) in [6, 6.07) is 8.68. The van der Waals surface area contributed by atoms with Crippen LogP contribution < -0.4 is 4.90 Å². The van der Waals surface area contributed by atoms with Crippen LogP contribution in [0.4, 0.5) is 11.5 Å². The van der Waals surface area contributed by atoms with Gasteiger partial charge in [0.25, 0.3) is 0 Å². The Kier molecular flexibility index (Phi) is 4.89. The van der Waals surface area contributed by atoms with E-state index in [1.165, 1.54) is 12.3 Å². The van der Waals surface area contributed by atoms with Crippen LogP contribution in [0.15, 0.2) is 36.5 Å². The van der Waals surface area contributed by atoms with E-state index in [2.05, 4.69) is 4.98 Å². The third kappa shape index (κ3) is 3.45. The highest BCUT2D eigenvalue weighted by atomic mass is 35.5. The van der Waals surface area contributed by atoms with Crippen molar-refractivity contribution in [3.63, 3.8) is 0 Å². The molecule has 3 rings (SSSR count). The van der Waals surface area contributed by atoms with Crippen molar-refractivity contribution < 1.29 is 9.66 Å². The molecule has 2 unspecified atom stereocenters. The average molecular weight is 368 g/mol. The third-order valence-corrected chi connectivity index (χ3v) is 4.38. The maximum atomic E-state index is 11.4. The summed E-state index contributed by atoms with van der Waals surface area (Å²) in [5.74, 6) is 0.298. The number of anilines is 1. The highest BCUT2D eigenvalue weighted by molar-refractivity contribution is 6.31. The number of halogens is 2. The van der Waals surface area contributed by atoms with Gasteiger partial charge in [0.05, 0.1) is 29.1 Å². The highest BCUT2D eigenvalue weighted by Gasteiger charge is 2.32. The summed E-state index contributed by atoms with van der Waals surface area (Å²) in [6.45, 7) is 2.81. The van der Waals surface area contributed by atoms with Crippen LogP contribution in [0.5, 0.6) is 0 Å². The number of rotatable bonds is 3. The lowest BCUT2D eigenvalue weighted by Gasteiger charge is -2.38. The monoisotopic (exact) mass is 367 g/mol. The summed E-state index contributed by atoms with van der Waals surface area (Å²) in [5, 5.41) is 12.2. The van der Waals surface area contributed by atoms with Crippen LogP contribution in [0, 0.1) is 10.1 Å². The topological polar surface area (TPSA) is 68.5 Å². The maximum absolute atomic E-state index is 11.4. The summed E-state index contributed by atoms with van der Waals surface area (Å²) in [4.78, 5) is 17.0. The molecular formula is C16H15Cl2N3O3. The van der Waals surface area contributed by atoms with E-state index in [-0.39, 0.29) is 22.9 Å². The Morgan fingerprint density at radius 1 is 1.33 bits per heavy atom. The molecule has 0 N–H and O–H groups in total. The number of nitro groups is 1. The van der Waals surface area contributed by atoms with Crippen LogP contribution in [0.3, 0.4) is 0 Å². The second kappa shape index (κ2) is 6.93. The van der Waals surface area contributed by atoms with Gasteiger partial charge in [0.1, 0.15) is 6.10 Å². The summed E-state index contributed by atoms with van der Waals surface area (Å²) >= 11 is 11.9. The number of aromatic nitrogens is 1. The molecular weight excluding hydrogens is 353 g/mol. The number of benzene rings is 1. The van der Waals surface area contributed by atoms with Crippen LogP contribution in [0.25, 0.3) is 0 Å². The third-order valence-electron chi connectivity index (χ3n) is 3.94. The molecule has 126 valence electrons. The van der Waals surface area contributed by atoms with E-state index in [1.54, 1.807) is 6.07 Å². The Hall–Kier alpha value is -1.89. The molecule has 0 saturated carbocycles. The fourth-order valence-electron chi connectivity index (χ4n) is 2.74. The number of pyridine rings is 1. The minimum Gasteiger partial charge on any atom is -0.370 e. The Bertz CT molecular complexity index is 772. The summed E-state index contributed by atoms with van der Waals surface area (Å²) in [7, 11) is 0. The van der Waals surface area contributed by atoms with Gasteiger partial charge in [-0.05, 0) is 24.6 Å². The van der Waals surface area contributed by atoms with Gasteiger partial charge in [0, 0.05) is 17.3 Å². The zero-order valence-electron chi connectivity index (χ0n) is 12.9. The molecule has 0 bridgehead atoms. The lowest BCUT2D eigenvalue weighted by Crippen LogP contribution is -2.45. The minimum atomic E-state index is -0.467. The lowest BCUT2D eigenvalue weighted by atomic mass is 10.1. The molecule has 1 aromatic carbocycles.